The molecule has 0 bridgehead atoms. The van der Waals surface area contributed by atoms with E-state index in [0.29, 0.717) is 32.7 Å². The number of aromatic nitrogens is 1. The first-order chi connectivity index (χ1) is 19.0. The molecule has 2 aliphatic heterocycles. The van der Waals surface area contributed by atoms with E-state index in [1.807, 2.05) is 37.3 Å². The van der Waals surface area contributed by atoms with Gasteiger partial charge in [0.05, 0.1) is 0 Å². The molecule has 2 amide bonds. The van der Waals surface area contributed by atoms with Crippen molar-refractivity contribution in [3.8, 4) is 5.75 Å². The number of anilines is 1. The fraction of sp³-hybridized carbons (Fsp3) is 0.567. The summed E-state index contributed by atoms with van der Waals surface area (Å²) in [5, 5.41) is 16.0. The van der Waals surface area contributed by atoms with Crippen molar-refractivity contribution in [3.63, 3.8) is 0 Å². The van der Waals surface area contributed by atoms with Crippen molar-refractivity contribution in [2.24, 2.45) is 0 Å². The SMILES string of the molecule is C[C@H]1CCCN1C(=O)N[C@@H](CCN(CCCCc1ccc2c(n1)NCCC2)CCOc1ccccc1)C(=O)O. The van der Waals surface area contributed by atoms with E-state index in [1.165, 1.54) is 5.56 Å². The monoisotopic (exact) mass is 537 g/mol. The van der Waals surface area contributed by atoms with Crippen LogP contribution in [0.3, 0.4) is 0 Å². The Labute approximate surface area is 231 Å². The number of carboxylic acids is 1. The minimum Gasteiger partial charge on any atom is -0.492 e. The zero-order valence-electron chi connectivity index (χ0n) is 23.1. The molecule has 0 radical (unpaired) electrons. The average molecular weight is 538 g/mol. The number of urea groups is 1. The number of fused-ring (bicyclic) bond motifs is 1. The Hall–Kier alpha value is -3.33. The van der Waals surface area contributed by atoms with Crippen molar-refractivity contribution < 1.29 is 19.4 Å². The molecule has 1 fully saturated rings. The number of amides is 2. The maximum atomic E-state index is 12.7. The average Bonchev–Trinajstić information content (AvgIpc) is 3.39. The largest absolute Gasteiger partial charge is 0.492 e. The van der Waals surface area contributed by atoms with Crippen LogP contribution in [0.4, 0.5) is 10.6 Å². The molecule has 0 unspecified atom stereocenters. The second-order valence-electron chi connectivity index (χ2n) is 10.6. The Morgan fingerprint density at radius 2 is 2.00 bits per heavy atom. The van der Waals surface area contributed by atoms with E-state index in [0.717, 1.165) is 75.3 Å². The van der Waals surface area contributed by atoms with E-state index in [4.69, 9.17) is 9.72 Å². The number of aryl methyl sites for hydroxylation is 2. The molecule has 1 aromatic carbocycles. The molecule has 0 spiro atoms. The number of unbranched alkanes of at least 4 members (excludes halogenated alkanes) is 1. The number of carboxylic acid groups (broad SMARTS) is 1. The van der Waals surface area contributed by atoms with Gasteiger partial charge in [-0.15, -0.1) is 0 Å². The third-order valence-corrected chi connectivity index (χ3v) is 7.67. The van der Waals surface area contributed by atoms with Crippen LogP contribution in [0, 0.1) is 0 Å². The van der Waals surface area contributed by atoms with Crippen LogP contribution in [0.15, 0.2) is 42.5 Å². The van der Waals surface area contributed by atoms with Gasteiger partial charge in [0, 0.05) is 37.9 Å². The van der Waals surface area contributed by atoms with Gasteiger partial charge in [-0.3, -0.25) is 4.90 Å². The summed E-state index contributed by atoms with van der Waals surface area (Å²) < 4.78 is 5.91. The van der Waals surface area contributed by atoms with Crippen LogP contribution in [0.25, 0.3) is 0 Å². The maximum Gasteiger partial charge on any atom is 0.326 e. The number of carbonyl (C=O) groups excluding carboxylic acids is 1. The smallest absolute Gasteiger partial charge is 0.326 e. The van der Waals surface area contributed by atoms with Gasteiger partial charge < -0.3 is 25.4 Å². The third-order valence-electron chi connectivity index (χ3n) is 7.67. The van der Waals surface area contributed by atoms with Crippen LogP contribution in [-0.4, -0.2) is 83.3 Å². The van der Waals surface area contributed by atoms with Crippen LogP contribution in [0.1, 0.15) is 56.7 Å². The number of pyridine rings is 1. The molecule has 1 aromatic heterocycles. The highest BCUT2D eigenvalue weighted by Crippen LogP contribution is 2.20. The molecule has 4 rings (SSSR count). The molecule has 39 heavy (non-hydrogen) atoms. The number of nitrogens with zero attached hydrogens (tertiary/aromatic N) is 3. The van der Waals surface area contributed by atoms with Crippen molar-refractivity contribution in [1.82, 2.24) is 20.1 Å². The summed E-state index contributed by atoms with van der Waals surface area (Å²) in [6.07, 6.45) is 7.36. The van der Waals surface area contributed by atoms with Gasteiger partial charge in [-0.05, 0) is 88.6 Å². The van der Waals surface area contributed by atoms with Gasteiger partial charge in [0.25, 0.3) is 0 Å². The van der Waals surface area contributed by atoms with E-state index in [9.17, 15) is 14.7 Å². The minimum absolute atomic E-state index is 0.145. The summed E-state index contributed by atoms with van der Waals surface area (Å²) in [7, 11) is 0. The predicted octanol–water partition coefficient (Wildman–Crippen LogP) is 4.18. The van der Waals surface area contributed by atoms with Crippen LogP contribution in [-0.2, 0) is 17.6 Å². The van der Waals surface area contributed by atoms with Gasteiger partial charge in [-0.25, -0.2) is 14.6 Å². The number of hydrogen-bond acceptors (Lipinski definition) is 6. The lowest BCUT2D eigenvalue weighted by Crippen LogP contribution is -2.50. The lowest BCUT2D eigenvalue weighted by atomic mass is 10.1. The summed E-state index contributed by atoms with van der Waals surface area (Å²) in [6, 6.07) is 13.0. The van der Waals surface area contributed by atoms with Gasteiger partial charge in [-0.2, -0.15) is 0 Å². The Bertz CT molecular complexity index is 1070. The molecule has 1 saturated heterocycles. The van der Waals surface area contributed by atoms with E-state index < -0.39 is 12.0 Å². The Balaban J connectivity index is 1.28. The molecule has 9 heteroatoms. The van der Waals surface area contributed by atoms with Crippen LogP contribution in [0.2, 0.25) is 0 Å². The first-order valence-electron chi connectivity index (χ1n) is 14.4. The lowest BCUT2D eigenvalue weighted by Gasteiger charge is -2.27. The van der Waals surface area contributed by atoms with E-state index in [1.54, 1.807) is 4.90 Å². The zero-order chi connectivity index (χ0) is 27.5. The lowest BCUT2D eigenvalue weighted by molar-refractivity contribution is -0.139. The number of likely N-dealkylation sites (tertiary alicyclic amines) is 1. The van der Waals surface area contributed by atoms with Crippen molar-refractivity contribution in [3.05, 3.63) is 53.7 Å². The second kappa shape index (κ2) is 14.7. The number of ether oxygens (including phenoxy) is 1. The van der Waals surface area contributed by atoms with Crippen molar-refractivity contribution >= 4 is 17.8 Å². The molecule has 0 saturated carbocycles. The van der Waals surface area contributed by atoms with Crippen LogP contribution >= 0.6 is 0 Å². The summed E-state index contributed by atoms with van der Waals surface area (Å²) in [5.74, 6) is 0.853. The highest BCUT2D eigenvalue weighted by atomic mass is 16.5. The highest BCUT2D eigenvalue weighted by Gasteiger charge is 2.29. The van der Waals surface area contributed by atoms with E-state index in [2.05, 4.69) is 27.7 Å². The minimum atomic E-state index is -0.997. The molecular formula is C30H43N5O4. The summed E-state index contributed by atoms with van der Waals surface area (Å²) in [5.41, 5.74) is 2.40. The zero-order valence-corrected chi connectivity index (χ0v) is 23.1. The molecule has 0 aliphatic carbocycles. The van der Waals surface area contributed by atoms with Crippen molar-refractivity contribution in [2.45, 2.75) is 70.4 Å². The Morgan fingerprint density at radius 1 is 1.15 bits per heavy atom. The number of carbonyl (C=O) groups is 2. The standard InChI is InChI=1S/C30H43N5O4/c1-23-9-8-19-35(23)30(38)33-27(29(36)37)16-20-34(21-22-39-26-12-3-2-4-13-26)18-6-5-11-25-15-14-24-10-7-17-31-28(24)32-25/h2-4,12-15,23,27H,5-11,16-22H2,1H3,(H,31,32)(H,33,38)(H,36,37)/t23-,27-/m0/s1. The predicted molar refractivity (Wildman–Crippen MR) is 152 cm³/mol. The fourth-order valence-corrected chi connectivity index (χ4v) is 5.33. The molecular weight excluding hydrogens is 494 g/mol. The summed E-state index contributed by atoms with van der Waals surface area (Å²) in [6.45, 7) is 6.25. The van der Waals surface area contributed by atoms with Gasteiger partial charge in [0.2, 0.25) is 0 Å². The maximum absolute atomic E-state index is 12.7. The summed E-state index contributed by atoms with van der Waals surface area (Å²) >= 11 is 0. The van der Waals surface area contributed by atoms with Crippen LogP contribution < -0.4 is 15.4 Å². The van der Waals surface area contributed by atoms with Gasteiger partial charge in [0.15, 0.2) is 0 Å². The second-order valence-corrected chi connectivity index (χ2v) is 10.6. The van der Waals surface area contributed by atoms with Gasteiger partial charge in [-0.1, -0.05) is 24.3 Å². The third kappa shape index (κ3) is 8.85. The first-order valence-corrected chi connectivity index (χ1v) is 14.4. The molecule has 9 nitrogen and oxygen atoms in total. The number of rotatable bonds is 14. The molecule has 3 N–H and O–H groups in total. The quantitative estimate of drug-likeness (QED) is 0.310. The fourth-order valence-electron chi connectivity index (χ4n) is 5.33. The molecule has 3 heterocycles. The van der Waals surface area contributed by atoms with Gasteiger partial charge >= 0.3 is 12.0 Å². The highest BCUT2D eigenvalue weighted by molar-refractivity contribution is 5.82. The molecule has 2 aliphatic rings. The number of para-hydroxylation sites is 1. The summed E-state index contributed by atoms with van der Waals surface area (Å²) in [4.78, 5) is 33.4. The van der Waals surface area contributed by atoms with Crippen LogP contribution in [0.5, 0.6) is 5.75 Å². The number of hydrogen-bond donors (Lipinski definition) is 3. The molecule has 2 aromatic rings. The van der Waals surface area contributed by atoms with Crippen molar-refractivity contribution in [2.75, 3.05) is 44.6 Å². The Morgan fingerprint density at radius 3 is 2.77 bits per heavy atom. The first kappa shape index (κ1) is 28.7. The number of nitrogens with one attached hydrogen (secondary N) is 2. The topological polar surface area (TPSA) is 107 Å². The van der Waals surface area contributed by atoms with Gasteiger partial charge in [0.1, 0.15) is 24.2 Å². The van der Waals surface area contributed by atoms with E-state index >= 15 is 0 Å². The molecule has 212 valence electrons. The number of benzene rings is 1. The van der Waals surface area contributed by atoms with E-state index in [-0.39, 0.29) is 12.1 Å². The van der Waals surface area contributed by atoms with Crippen molar-refractivity contribution in [1.29, 1.82) is 0 Å². The Kier molecular flexibility index (Phi) is 10.8. The molecule has 2 atom stereocenters. The normalized spacial score (nSPS) is 17.4. The number of aliphatic carboxylic acids is 1.